The third-order valence-corrected chi connectivity index (χ3v) is 2.46. The summed E-state index contributed by atoms with van der Waals surface area (Å²) in [4.78, 5) is 14.1. The first-order chi connectivity index (χ1) is 7.52. The zero-order valence-electron chi connectivity index (χ0n) is 7.75. The van der Waals surface area contributed by atoms with E-state index in [0.717, 1.165) is 6.20 Å². The number of alkyl halides is 3. The molecule has 0 saturated heterocycles. The maximum absolute atomic E-state index is 12.5. The number of aromatic nitrogens is 1. The molecule has 1 N–H and O–H groups in total. The molecule has 7 heteroatoms. The molecular weight excluding hydrogens is 286 g/mol. The monoisotopic (exact) mass is 290 g/mol. The molecule has 0 spiro atoms. The van der Waals surface area contributed by atoms with Crippen molar-refractivity contribution in [2.45, 2.75) is 11.8 Å². The molecule has 0 radical (unpaired) electrons. The molecular formula is C9H5BrF2N2O2. The Balaban J connectivity index is 3.54. The molecule has 4 nitrogen and oxygen atoms in total. The molecule has 0 fully saturated rings. The van der Waals surface area contributed by atoms with Crippen molar-refractivity contribution in [2.75, 3.05) is 0 Å². The molecule has 0 saturated carbocycles. The molecule has 1 aromatic heterocycles. The van der Waals surface area contributed by atoms with E-state index in [1.54, 1.807) is 6.07 Å². The van der Waals surface area contributed by atoms with Crippen LogP contribution in [0.4, 0.5) is 8.78 Å². The van der Waals surface area contributed by atoms with Crippen LogP contribution in [0.25, 0.3) is 0 Å². The first-order valence-electron chi connectivity index (χ1n) is 4.02. The highest BCUT2D eigenvalue weighted by atomic mass is 79.9. The van der Waals surface area contributed by atoms with Crippen molar-refractivity contribution in [3.8, 4) is 6.07 Å². The minimum absolute atomic E-state index is 0.000231. The molecule has 1 aromatic rings. The first-order valence-corrected chi connectivity index (χ1v) is 5.14. The number of pyridine rings is 1. The lowest BCUT2D eigenvalue weighted by Crippen LogP contribution is -2.08. The Bertz CT molecular complexity index is 471. The zero-order valence-corrected chi connectivity index (χ0v) is 9.33. The van der Waals surface area contributed by atoms with Gasteiger partial charge in [0.25, 0.3) is 6.43 Å². The molecule has 84 valence electrons. The highest BCUT2D eigenvalue weighted by Crippen LogP contribution is 2.26. The molecule has 1 rings (SSSR count). The van der Waals surface area contributed by atoms with E-state index in [9.17, 15) is 13.6 Å². The number of aromatic carboxylic acids is 1. The van der Waals surface area contributed by atoms with Gasteiger partial charge in [-0.25, -0.2) is 13.6 Å². The quantitative estimate of drug-likeness (QED) is 0.868. The average molecular weight is 291 g/mol. The number of rotatable bonds is 3. The molecule has 0 aliphatic carbocycles. The Morgan fingerprint density at radius 1 is 1.69 bits per heavy atom. The molecule has 0 unspecified atom stereocenters. The SMILES string of the molecule is N#Cc1c(C(F)F)ncc(C(=O)O)c1CBr. The lowest BCUT2D eigenvalue weighted by molar-refractivity contribution is 0.0694. The van der Waals surface area contributed by atoms with Gasteiger partial charge >= 0.3 is 5.97 Å². The number of nitriles is 1. The van der Waals surface area contributed by atoms with E-state index in [-0.39, 0.29) is 22.0 Å². The highest BCUT2D eigenvalue weighted by Gasteiger charge is 2.22. The molecule has 16 heavy (non-hydrogen) atoms. The Hall–Kier alpha value is -1.55. The Morgan fingerprint density at radius 2 is 2.31 bits per heavy atom. The summed E-state index contributed by atoms with van der Waals surface area (Å²) in [5.41, 5.74) is -1.31. The van der Waals surface area contributed by atoms with Crippen LogP contribution >= 0.6 is 15.9 Å². The second-order valence-electron chi connectivity index (χ2n) is 2.76. The highest BCUT2D eigenvalue weighted by molar-refractivity contribution is 9.08. The van der Waals surface area contributed by atoms with E-state index < -0.39 is 18.1 Å². The topological polar surface area (TPSA) is 74.0 Å². The number of carbonyl (C=O) groups is 1. The van der Waals surface area contributed by atoms with E-state index in [2.05, 4.69) is 20.9 Å². The van der Waals surface area contributed by atoms with Crippen LogP contribution in [-0.4, -0.2) is 16.1 Å². The average Bonchev–Trinajstić information content (AvgIpc) is 2.26. The molecule has 0 bridgehead atoms. The molecule has 0 aromatic carbocycles. The van der Waals surface area contributed by atoms with Crippen LogP contribution in [0.2, 0.25) is 0 Å². The number of nitrogens with zero attached hydrogens (tertiary/aromatic N) is 2. The van der Waals surface area contributed by atoms with Crippen molar-refractivity contribution < 1.29 is 18.7 Å². The summed E-state index contributed by atoms with van der Waals surface area (Å²) in [5.74, 6) is -1.31. The molecule has 0 amide bonds. The third kappa shape index (κ3) is 2.17. The summed E-state index contributed by atoms with van der Waals surface area (Å²) in [7, 11) is 0. The Labute approximate surface area is 97.7 Å². The number of hydrogen-bond acceptors (Lipinski definition) is 3. The summed E-state index contributed by atoms with van der Waals surface area (Å²) in [6, 6.07) is 1.56. The predicted octanol–water partition coefficient (Wildman–Crippen LogP) is 2.48. The lowest BCUT2D eigenvalue weighted by atomic mass is 10.0. The van der Waals surface area contributed by atoms with Gasteiger partial charge in [0.1, 0.15) is 11.8 Å². The van der Waals surface area contributed by atoms with E-state index in [1.807, 2.05) is 0 Å². The second kappa shape index (κ2) is 4.99. The summed E-state index contributed by atoms with van der Waals surface area (Å²) < 4.78 is 25.0. The van der Waals surface area contributed by atoms with Gasteiger partial charge in [-0.15, -0.1) is 0 Å². The maximum Gasteiger partial charge on any atom is 0.337 e. The van der Waals surface area contributed by atoms with E-state index >= 15 is 0 Å². The van der Waals surface area contributed by atoms with Crippen molar-refractivity contribution >= 4 is 21.9 Å². The summed E-state index contributed by atoms with van der Waals surface area (Å²) in [6.07, 6.45) is -2.07. The van der Waals surface area contributed by atoms with Crippen molar-refractivity contribution in [3.05, 3.63) is 28.6 Å². The van der Waals surface area contributed by atoms with Gasteiger partial charge in [0.15, 0.2) is 0 Å². The minimum atomic E-state index is -2.91. The van der Waals surface area contributed by atoms with Crippen molar-refractivity contribution in [1.82, 2.24) is 4.98 Å². The molecule has 0 aliphatic rings. The van der Waals surface area contributed by atoms with Gasteiger partial charge in [0.05, 0.1) is 11.1 Å². The third-order valence-electron chi connectivity index (χ3n) is 1.90. The van der Waals surface area contributed by atoms with Crippen LogP contribution in [0, 0.1) is 11.3 Å². The fourth-order valence-corrected chi connectivity index (χ4v) is 1.76. The van der Waals surface area contributed by atoms with Crippen LogP contribution in [-0.2, 0) is 5.33 Å². The second-order valence-corrected chi connectivity index (χ2v) is 3.32. The van der Waals surface area contributed by atoms with Gasteiger partial charge in [-0.2, -0.15) is 5.26 Å². The van der Waals surface area contributed by atoms with Crippen LogP contribution in [0.1, 0.15) is 33.6 Å². The standard InChI is InChI=1S/C9H5BrF2N2O2/c10-1-4-5(2-13)7(8(11)12)14-3-6(4)9(15)16/h3,8H,1H2,(H,15,16). The Kier molecular flexibility index (Phi) is 3.90. The Morgan fingerprint density at radius 3 is 2.69 bits per heavy atom. The van der Waals surface area contributed by atoms with E-state index in [0.29, 0.717) is 0 Å². The van der Waals surface area contributed by atoms with E-state index in [1.165, 1.54) is 0 Å². The number of halogens is 3. The van der Waals surface area contributed by atoms with E-state index in [4.69, 9.17) is 10.4 Å². The van der Waals surface area contributed by atoms with Crippen LogP contribution in [0.15, 0.2) is 6.20 Å². The van der Waals surface area contributed by atoms with Gasteiger partial charge < -0.3 is 5.11 Å². The number of carboxylic acid groups (broad SMARTS) is 1. The smallest absolute Gasteiger partial charge is 0.337 e. The minimum Gasteiger partial charge on any atom is -0.478 e. The molecule has 0 aliphatic heterocycles. The van der Waals surface area contributed by atoms with Crippen LogP contribution in [0.5, 0.6) is 0 Å². The van der Waals surface area contributed by atoms with Gasteiger partial charge in [0.2, 0.25) is 0 Å². The number of carboxylic acids is 1. The van der Waals surface area contributed by atoms with Crippen molar-refractivity contribution in [1.29, 1.82) is 5.26 Å². The summed E-state index contributed by atoms with van der Waals surface area (Å²) in [5, 5.41) is 17.5. The molecule has 1 heterocycles. The van der Waals surface area contributed by atoms with Crippen molar-refractivity contribution in [2.24, 2.45) is 0 Å². The lowest BCUT2D eigenvalue weighted by Gasteiger charge is -2.08. The summed E-state index contributed by atoms with van der Waals surface area (Å²) in [6.45, 7) is 0. The number of hydrogen-bond donors (Lipinski definition) is 1. The largest absolute Gasteiger partial charge is 0.478 e. The fraction of sp³-hybridized carbons (Fsp3) is 0.222. The maximum atomic E-state index is 12.5. The predicted molar refractivity (Wildman–Crippen MR) is 53.5 cm³/mol. The van der Waals surface area contributed by atoms with Gasteiger partial charge in [0, 0.05) is 11.5 Å². The first kappa shape index (κ1) is 12.5. The van der Waals surface area contributed by atoms with Gasteiger partial charge in [-0.1, -0.05) is 15.9 Å². The van der Waals surface area contributed by atoms with Crippen molar-refractivity contribution in [3.63, 3.8) is 0 Å². The van der Waals surface area contributed by atoms with Gasteiger partial charge in [-0.05, 0) is 5.56 Å². The van der Waals surface area contributed by atoms with Crippen LogP contribution in [0.3, 0.4) is 0 Å². The zero-order chi connectivity index (χ0) is 12.3. The normalized spacial score (nSPS) is 10.2. The van der Waals surface area contributed by atoms with Crippen LogP contribution < -0.4 is 0 Å². The summed E-state index contributed by atoms with van der Waals surface area (Å²) >= 11 is 2.96. The molecule has 0 atom stereocenters. The van der Waals surface area contributed by atoms with Gasteiger partial charge in [-0.3, -0.25) is 4.98 Å². The fourth-order valence-electron chi connectivity index (χ4n) is 1.18.